The molecule has 32 heavy (non-hydrogen) atoms. The summed E-state index contributed by atoms with van der Waals surface area (Å²) in [5.74, 6) is -1.22. The van der Waals surface area contributed by atoms with E-state index in [0.29, 0.717) is 4.47 Å². The molecule has 0 saturated heterocycles. The summed E-state index contributed by atoms with van der Waals surface area (Å²) in [4.78, 5) is 13.3. The SMILES string of the molecule is CC(C)OC(=S)N(C(C(=O)c1ccc(Br)cc1)N(C(=S)OC(C)C)S(=O)(=O)O)S(=O)(=O)O. The van der Waals surface area contributed by atoms with E-state index in [1.54, 1.807) is 0 Å². The van der Waals surface area contributed by atoms with Gasteiger partial charge in [0, 0.05) is 10.0 Å². The molecule has 0 radical (unpaired) electrons. The molecule has 1 aromatic rings. The van der Waals surface area contributed by atoms with Gasteiger partial charge in [-0.3, -0.25) is 13.9 Å². The van der Waals surface area contributed by atoms with Crippen LogP contribution >= 0.6 is 40.4 Å². The standard InChI is InChI=1S/C16H21BrN2O9S4/c1-9(2)27-15(29)18(31(21,22)23)14(13(20)11-5-7-12(17)8-6-11)19(32(24,25)26)16(30)28-10(3)4/h5-10,14H,1-4H3,(H,21,22,23)(H,24,25,26). The fourth-order valence-electron chi connectivity index (χ4n) is 2.22. The van der Waals surface area contributed by atoms with Crippen LogP contribution in [0, 0.1) is 0 Å². The highest BCUT2D eigenvalue weighted by atomic mass is 79.9. The molecule has 0 spiro atoms. The van der Waals surface area contributed by atoms with Crippen molar-refractivity contribution >= 4 is 77.1 Å². The summed E-state index contributed by atoms with van der Waals surface area (Å²) in [5.41, 5.74) is -0.208. The van der Waals surface area contributed by atoms with Crippen LogP contribution in [0.2, 0.25) is 0 Å². The molecule has 1 rings (SSSR count). The second-order valence-electron chi connectivity index (χ2n) is 6.66. The van der Waals surface area contributed by atoms with Crippen LogP contribution in [0.3, 0.4) is 0 Å². The molecule has 11 nitrogen and oxygen atoms in total. The van der Waals surface area contributed by atoms with E-state index in [1.165, 1.54) is 52.0 Å². The largest absolute Gasteiger partial charge is 0.467 e. The number of carbonyl (C=O) groups is 1. The van der Waals surface area contributed by atoms with Crippen LogP contribution in [0.5, 0.6) is 0 Å². The molecule has 0 bridgehead atoms. The van der Waals surface area contributed by atoms with Crippen molar-refractivity contribution in [3.63, 3.8) is 0 Å². The Hall–Kier alpha value is -1.43. The summed E-state index contributed by atoms with van der Waals surface area (Å²) in [5, 5.41) is -1.95. The van der Waals surface area contributed by atoms with Crippen LogP contribution in [-0.4, -0.2) is 69.1 Å². The zero-order chi connectivity index (χ0) is 25.0. The fraction of sp³-hybridized carbons (Fsp3) is 0.438. The monoisotopic (exact) mass is 592 g/mol. The van der Waals surface area contributed by atoms with Crippen LogP contribution in [0.4, 0.5) is 0 Å². The second kappa shape index (κ2) is 11.1. The molecule has 0 fully saturated rings. The van der Waals surface area contributed by atoms with Gasteiger partial charge in [0.2, 0.25) is 11.9 Å². The minimum absolute atomic E-state index is 0.184. The summed E-state index contributed by atoms with van der Waals surface area (Å²) in [6.45, 7) is 5.86. The first-order chi connectivity index (χ1) is 14.5. The zero-order valence-corrected chi connectivity index (χ0v) is 22.1. The Morgan fingerprint density at radius 1 is 0.875 bits per heavy atom. The minimum atomic E-state index is -5.43. The molecule has 1 aromatic carbocycles. The maximum Gasteiger partial charge on any atom is 0.365 e. The number of halogens is 1. The van der Waals surface area contributed by atoms with Gasteiger partial charge in [0.15, 0.2) is 0 Å². The molecule has 0 saturated carbocycles. The molecular weight excluding hydrogens is 572 g/mol. The third-order valence-corrected chi connectivity index (χ3v) is 6.41. The van der Waals surface area contributed by atoms with E-state index in [9.17, 15) is 30.7 Å². The molecule has 0 aliphatic rings. The number of hydrogen-bond acceptors (Lipinski definition) is 9. The predicted octanol–water partition coefficient (Wildman–Crippen LogP) is 2.59. The van der Waals surface area contributed by atoms with E-state index in [-0.39, 0.29) is 14.2 Å². The van der Waals surface area contributed by atoms with Crippen molar-refractivity contribution in [1.29, 1.82) is 0 Å². The number of nitrogens with zero attached hydrogens (tertiary/aromatic N) is 2. The van der Waals surface area contributed by atoms with E-state index >= 15 is 0 Å². The van der Waals surface area contributed by atoms with E-state index < -0.39 is 55.1 Å². The van der Waals surface area contributed by atoms with Crippen molar-refractivity contribution in [2.24, 2.45) is 0 Å². The van der Waals surface area contributed by atoms with Gasteiger partial charge in [0.1, 0.15) is 0 Å². The van der Waals surface area contributed by atoms with E-state index in [2.05, 4.69) is 15.9 Å². The number of rotatable bonds is 8. The third-order valence-electron chi connectivity index (χ3n) is 3.34. The smallest absolute Gasteiger partial charge is 0.365 e. The lowest BCUT2D eigenvalue weighted by atomic mass is 10.1. The molecule has 0 amide bonds. The van der Waals surface area contributed by atoms with Gasteiger partial charge in [-0.05, 0) is 64.3 Å². The highest BCUT2D eigenvalue weighted by molar-refractivity contribution is 9.10. The van der Waals surface area contributed by atoms with Gasteiger partial charge in [-0.25, -0.2) is 0 Å². The number of benzene rings is 1. The number of carbonyl (C=O) groups excluding carboxylic acids is 1. The molecule has 0 heterocycles. The Morgan fingerprint density at radius 2 is 1.22 bits per heavy atom. The maximum absolute atomic E-state index is 13.3. The van der Waals surface area contributed by atoms with Crippen molar-refractivity contribution in [2.75, 3.05) is 0 Å². The number of thiocarbonyl (C=S) groups is 2. The van der Waals surface area contributed by atoms with Gasteiger partial charge in [0.05, 0.1) is 12.2 Å². The summed E-state index contributed by atoms with van der Waals surface area (Å²) in [7, 11) is -10.9. The molecule has 0 aliphatic carbocycles. The van der Waals surface area contributed by atoms with Crippen molar-refractivity contribution in [1.82, 2.24) is 8.61 Å². The highest BCUT2D eigenvalue weighted by Gasteiger charge is 2.48. The molecular formula is C16H21BrN2O9S4. The van der Waals surface area contributed by atoms with Crippen molar-refractivity contribution in [2.45, 2.75) is 46.1 Å². The molecule has 180 valence electrons. The third kappa shape index (κ3) is 7.86. The van der Waals surface area contributed by atoms with Gasteiger partial charge < -0.3 is 9.47 Å². The van der Waals surface area contributed by atoms with Gasteiger partial charge in [-0.15, -0.1) is 0 Å². The van der Waals surface area contributed by atoms with Crippen molar-refractivity contribution < 1.29 is 40.2 Å². The van der Waals surface area contributed by atoms with Crippen molar-refractivity contribution in [3.8, 4) is 0 Å². The van der Waals surface area contributed by atoms with Crippen LogP contribution in [0.1, 0.15) is 38.1 Å². The van der Waals surface area contributed by atoms with E-state index in [4.69, 9.17) is 33.9 Å². The number of ether oxygens (including phenoxy) is 2. The van der Waals surface area contributed by atoms with Crippen LogP contribution in [0.25, 0.3) is 0 Å². The summed E-state index contributed by atoms with van der Waals surface area (Å²) in [6, 6.07) is 5.32. The first-order valence-corrected chi connectivity index (χ1v) is 13.1. The lowest BCUT2D eigenvalue weighted by Gasteiger charge is -2.36. The quantitative estimate of drug-likeness (QED) is 0.198. The lowest BCUT2D eigenvalue weighted by molar-refractivity contribution is 0.0793. The minimum Gasteiger partial charge on any atom is -0.467 e. The number of Topliss-reactive ketones (excluding diaryl/α,β-unsaturated/α-hetero) is 1. The first kappa shape index (κ1) is 28.6. The lowest BCUT2D eigenvalue weighted by Crippen LogP contribution is -2.60. The second-order valence-corrected chi connectivity index (χ2v) is 10.8. The average Bonchev–Trinajstić information content (AvgIpc) is 2.57. The topological polar surface area (TPSA) is 151 Å². The Bertz CT molecular complexity index is 1020. The van der Waals surface area contributed by atoms with Gasteiger partial charge in [-0.1, -0.05) is 28.1 Å². The first-order valence-electron chi connectivity index (χ1n) is 8.71. The molecule has 0 atom stereocenters. The van der Waals surface area contributed by atoms with Crippen LogP contribution < -0.4 is 0 Å². The number of ketones is 1. The Balaban J connectivity index is 3.87. The van der Waals surface area contributed by atoms with E-state index in [1.807, 2.05) is 0 Å². The fourth-order valence-corrected chi connectivity index (χ4v) is 5.04. The Labute approximate surface area is 205 Å². The van der Waals surface area contributed by atoms with Crippen LogP contribution in [-0.2, 0) is 30.1 Å². The zero-order valence-electron chi connectivity index (χ0n) is 17.2. The van der Waals surface area contributed by atoms with E-state index in [0.717, 1.165) is 0 Å². The van der Waals surface area contributed by atoms with Gasteiger partial charge >= 0.3 is 20.6 Å². The molecule has 0 aliphatic heterocycles. The summed E-state index contributed by atoms with van der Waals surface area (Å²) in [6.07, 6.45) is -4.00. The summed E-state index contributed by atoms with van der Waals surface area (Å²) < 4.78 is 79.0. The van der Waals surface area contributed by atoms with Gasteiger partial charge in [0.25, 0.3) is 10.3 Å². The summed E-state index contributed by atoms with van der Waals surface area (Å²) >= 11 is 13.0. The van der Waals surface area contributed by atoms with Gasteiger partial charge in [-0.2, -0.15) is 25.4 Å². The highest BCUT2D eigenvalue weighted by Crippen LogP contribution is 2.23. The van der Waals surface area contributed by atoms with Crippen molar-refractivity contribution in [3.05, 3.63) is 34.3 Å². The molecule has 2 N–H and O–H groups in total. The van der Waals surface area contributed by atoms with Crippen LogP contribution in [0.15, 0.2) is 28.7 Å². The average molecular weight is 594 g/mol. The molecule has 0 aromatic heterocycles. The Kier molecular flexibility index (Phi) is 9.95. The predicted molar refractivity (Wildman–Crippen MR) is 127 cm³/mol. The number of hydrogen-bond donors (Lipinski definition) is 2. The normalized spacial score (nSPS) is 12.1. The molecule has 16 heteroatoms. The maximum atomic E-state index is 13.3. The molecule has 0 unspecified atom stereocenters. The Morgan fingerprint density at radius 3 is 1.50 bits per heavy atom.